The summed E-state index contributed by atoms with van der Waals surface area (Å²) in [4.78, 5) is 5.67. The number of hydrogen-bond donors (Lipinski definition) is 2. The molecule has 0 unspecified atom stereocenters. The minimum absolute atomic E-state index is 0.0719. The minimum Gasteiger partial charge on any atom is -0.508 e. The molecule has 0 saturated carbocycles. The molecule has 2 aromatic rings. The van der Waals surface area contributed by atoms with Crippen molar-refractivity contribution in [1.82, 2.24) is 10.3 Å². The van der Waals surface area contributed by atoms with E-state index < -0.39 is 5.82 Å². The van der Waals surface area contributed by atoms with Gasteiger partial charge in [-0.3, -0.25) is 0 Å². The molecule has 1 aromatic heterocycles. The highest BCUT2D eigenvalue weighted by atomic mass is 32.1. The lowest BCUT2D eigenvalue weighted by Crippen LogP contribution is -2.06. The largest absolute Gasteiger partial charge is 0.508 e. The van der Waals surface area contributed by atoms with Crippen LogP contribution in [0.3, 0.4) is 0 Å². The molecule has 0 amide bonds. The van der Waals surface area contributed by atoms with E-state index in [1.54, 1.807) is 6.07 Å². The Labute approximate surface area is 116 Å². The van der Waals surface area contributed by atoms with E-state index in [4.69, 9.17) is 0 Å². The first-order valence-electron chi connectivity index (χ1n) is 6.16. The number of aromatic hydroxyl groups is 1. The molecule has 1 aromatic carbocycles. The summed E-state index contributed by atoms with van der Waals surface area (Å²) < 4.78 is 13.9. The fraction of sp³-hybridized carbons (Fsp3) is 0.357. The second kappa shape index (κ2) is 5.67. The van der Waals surface area contributed by atoms with E-state index in [2.05, 4.69) is 24.1 Å². The Kier molecular flexibility index (Phi) is 4.17. The van der Waals surface area contributed by atoms with Crippen molar-refractivity contribution >= 4 is 11.3 Å². The van der Waals surface area contributed by atoms with Crippen molar-refractivity contribution in [2.75, 3.05) is 7.05 Å². The first kappa shape index (κ1) is 14.0. The van der Waals surface area contributed by atoms with Crippen LogP contribution in [0.25, 0.3) is 10.6 Å². The van der Waals surface area contributed by atoms with Crippen molar-refractivity contribution in [2.45, 2.75) is 26.3 Å². The van der Waals surface area contributed by atoms with Crippen molar-refractivity contribution in [3.05, 3.63) is 34.6 Å². The molecule has 102 valence electrons. The zero-order valence-electron chi connectivity index (χ0n) is 11.2. The standard InChI is InChI=1S/C14H17FN2OS/c1-8(2)13-12(7-16-3)19-14(17-13)10-5-4-9(18)6-11(10)15/h4-6,8,16,18H,7H2,1-3H3. The zero-order valence-corrected chi connectivity index (χ0v) is 12.0. The van der Waals surface area contributed by atoms with Gasteiger partial charge in [-0.1, -0.05) is 13.8 Å². The molecule has 0 aliphatic rings. The molecule has 0 bridgehead atoms. The van der Waals surface area contributed by atoms with Crippen molar-refractivity contribution in [3.8, 4) is 16.3 Å². The van der Waals surface area contributed by atoms with Gasteiger partial charge in [-0.05, 0) is 25.1 Å². The maximum Gasteiger partial charge on any atom is 0.137 e. The lowest BCUT2D eigenvalue weighted by atomic mass is 10.1. The van der Waals surface area contributed by atoms with Crippen LogP contribution < -0.4 is 5.32 Å². The van der Waals surface area contributed by atoms with Gasteiger partial charge in [-0.2, -0.15) is 0 Å². The van der Waals surface area contributed by atoms with Crippen molar-refractivity contribution in [3.63, 3.8) is 0 Å². The van der Waals surface area contributed by atoms with Gasteiger partial charge in [0.1, 0.15) is 16.6 Å². The molecule has 0 radical (unpaired) electrons. The highest BCUT2D eigenvalue weighted by Crippen LogP contribution is 2.33. The molecule has 0 aliphatic carbocycles. The number of aromatic nitrogens is 1. The van der Waals surface area contributed by atoms with Gasteiger partial charge in [-0.15, -0.1) is 11.3 Å². The number of thiazole rings is 1. The number of hydrogen-bond acceptors (Lipinski definition) is 4. The molecule has 0 atom stereocenters. The van der Waals surface area contributed by atoms with Crippen LogP contribution in [0.5, 0.6) is 5.75 Å². The molecule has 19 heavy (non-hydrogen) atoms. The topological polar surface area (TPSA) is 45.1 Å². The summed E-state index contributed by atoms with van der Waals surface area (Å²) in [6.07, 6.45) is 0. The minimum atomic E-state index is -0.444. The van der Waals surface area contributed by atoms with E-state index in [-0.39, 0.29) is 5.75 Å². The van der Waals surface area contributed by atoms with Crippen LogP contribution >= 0.6 is 11.3 Å². The maximum absolute atomic E-state index is 13.9. The van der Waals surface area contributed by atoms with E-state index in [0.717, 1.165) is 23.2 Å². The van der Waals surface area contributed by atoms with Crippen LogP contribution in [0.15, 0.2) is 18.2 Å². The number of phenols is 1. The Morgan fingerprint density at radius 1 is 1.42 bits per heavy atom. The van der Waals surface area contributed by atoms with E-state index in [1.807, 2.05) is 7.05 Å². The molecule has 5 heteroatoms. The number of nitrogens with one attached hydrogen (secondary N) is 1. The Bertz CT molecular complexity index is 581. The van der Waals surface area contributed by atoms with Crippen molar-refractivity contribution in [2.24, 2.45) is 0 Å². The third-order valence-electron chi connectivity index (χ3n) is 2.79. The van der Waals surface area contributed by atoms with Gasteiger partial charge < -0.3 is 10.4 Å². The number of halogens is 1. The van der Waals surface area contributed by atoms with Crippen LogP contribution in [-0.2, 0) is 6.54 Å². The monoisotopic (exact) mass is 280 g/mol. The van der Waals surface area contributed by atoms with Gasteiger partial charge in [0.15, 0.2) is 0 Å². The van der Waals surface area contributed by atoms with E-state index in [1.165, 1.54) is 17.4 Å². The summed E-state index contributed by atoms with van der Waals surface area (Å²) in [5.41, 5.74) is 1.44. The Balaban J connectivity index is 2.47. The fourth-order valence-corrected chi connectivity index (χ4v) is 3.15. The normalized spacial score (nSPS) is 11.2. The summed E-state index contributed by atoms with van der Waals surface area (Å²) in [6, 6.07) is 4.16. The quantitative estimate of drug-likeness (QED) is 0.901. The predicted molar refractivity (Wildman–Crippen MR) is 76.0 cm³/mol. The van der Waals surface area contributed by atoms with Crippen LogP contribution in [0.1, 0.15) is 30.3 Å². The highest BCUT2D eigenvalue weighted by molar-refractivity contribution is 7.15. The van der Waals surface area contributed by atoms with Gasteiger partial charge in [-0.25, -0.2) is 9.37 Å². The lowest BCUT2D eigenvalue weighted by Gasteiger charge is -2.03. The molecule has 0 fully saturated rings. The van der Waals surface area contributed by atoms with E-state index in [0.29, 0.717) is 16.5 Å². The van der Waals surface area contributed by atoms with Gasteiger partial charge in [0.05, 0.1) is 5.69 Å². The summed E-state index contributed by atoms with van der Waals surface area (Å²) >= 11 is 1.49. The molecule has 3 nitrogen and oxygen atoms in total. The molecule has 2 N–H and O–H groups in total. The summed E-state index contributed by atoms with van der Waals surface area (Å²) in [6.45, 7) is 4.88. The number of rotatable bonds is 4. The fourth-order valence-electron chi connectivity index (χ4n) is 1.89. The molecular formula is C14H17FN2OS. The predicted octanol–water partition coefficient (Wildman–Crippen LogP) is 3.50. The van der Waals surface area contributed by atoms with E-state index >= 15 is 0 Å². The highest BCUT2D eigenvalue weighted by Gasteiger charge is 2.17. The zero-order chi connectivity index (χ0) is 14.0. The average molecular weight is 280 g/mol. The van der Waals surface area contributed by atoms with Crippen LogP contribution in [0, 0.1) is 5.82 Å². The SMILES string of the molecule is CNCc1sc(-c2ccc(O)cc2F)nc1C(C)C. The van der Waals surface area contributed by atoms with E-state index in [9.17, 15) is 9.50 Å². The first-order valence-corrected chi connectivity index (χ1v) is 6.97. The second-order valence-electron chi connectivity index (χ2n) is 4.68. The number of benzene rings is 1. The first-order chi connectivity index (χ1) is 9.02. The molecule has 1 heterocycles. The van der Waals surface area contributed by atoms with Gasteiger partial charge >= 0.3 is 0 Å². The van der Waals surface area contributed by atoms with Crippen LogP contribution in [0.2, 0.25) is 0 Å². The average Bonchev–Trinajstić information content (AvgIpc) is 2.73. The molecular weight excluding hydrogens is 263 g/mol. The third-order valence-corrected chi connectivity index (χ3v) is 3.90. The third kappa shape index (κ3) is 2.93. The Morgan fingerprint density at radius 2 is 2.16 bits per heavy atom. The smallest absolute Gasteiger partial charge is 0.137 e. The molecule has 0 saturated heterocycles. The maximum atomic E-state index is 13.9. The van der Waals surface area contributed by atoms with Gasteiger partial charge in [0.25, 0.3) is 0 Å². The summed E-state index contributed by atoms with van der Waals surface area (Å²) in [5.74, 6) is -0.217. The summed E-state index contributed by atoms with van der Waals surface area (Å²) in [7, 11) is 1.88. The second-order valence-corrected chi connectivity index (χ2v) is 5.76. The number of phenolic OH excluding ortho intramolecular Hbond substituents is 1. The van der Waals surface area contributed by atoms with Crippen LogP contribution in [0.4, 0.5) is 4.39 Å². The van der Waals surface area contributed by atoms with Crippen molar-refractivity contribution in [1.29, 1.82) is 0 Å². The molecule has 0 aliphatic heterocycles. The number of nitrogens with zero attached hydrogens (tertiary/aromatic N) is 1. The molecule has 2 rings (SSSR count). The van der Waals surface area contributed by atoms with Gasteiger partial charge in [0, 0.05) is 23.1 Å². The Hall–Kier alpha value is -1.46. The van der Waals surface area contributed by atoms with Gasteiger partial charge in [0.2, 0.25) is 0 Å². The summed E-state index contributed by atoms with van der Waals surface area (Å²) in [5, 5.41) is 13.0. The Morgan fingerprint density at radius 3 is 2.74 bits per heavy atom. The van der Waals surface area contributed by atoms with Crippen molar-refractivity contribution < 1.29 is 9.50 Å². The molecule has 0 spiro atoms. The lowest BCUT2D eigenvalue weighted by molar-refractivity contribution is 0.469. The van der Waals surface area contributed by atoms with Crippen LogP contribution in [-0.4, -0.2) is 17.1 Å².